The molecule has 0 saturated carbocycles. The largest absolute Gasteiger partial charge is 0.352 e. The zero-order valence-corrected chi connectivity index (χ0v) is 18.9. The van der Waals surface area contributed by atoms with E-state index in [1.54, 1.807) is 25.1 Å². The zero-order chi connectivity index (χ0) is 22.3. The summed E-state index contributed by atoms with van der Waals surface area (Å²) in [6.07, 6.45) is 0.611. The third-order valence-electron chi connectivity index (χ3n) is 4.94. The second-order valence-corrected chi connectivity index (χ2v) is 8.12. The molecule has 2 aromatic rings. The van der Waals surface area contributed by atoms with Crippen LogP contribution in [0.25, 0.3) is 0 Å². The number of nitrogens with zero attached hydrogens (tertiary/aromatic N) is 2. The Morgan fingerprint density at radius 3 is 2.50 bits per heavy atom. The SMILES string of the molecule is CCC(C)NC(=O)C(C)N(Cc1cccc(Br)c1)C(=O)Cc1ccccc1[N+](=O)[O-]. The van der Waals surface area contributed by atoms with Crippen LogP contribution in [-0.4, -0.2) is 33.7 Å². The lowest BCUT2D eigenvalue weighted by atomic mass is 10.1. The van der Waals surface area contributed by atoms with Crippen LogP contribution in [-0.2, 0) is 22.6 Å². The predicted octanol–water partition coefficient (Wildman–Crippen LogP) is 4.23. The number of nitro groups is 1. The molecule has 2 amide bonds. The molecule has 8 heteroatoms. The highest BCUT2D eigenvalue weighted by molar-refractivity contribution is 9.10. The first-order chi connectivity index (χ1) is 14.2. The van der Waals surface area contributed by atoms with E-state index >= 15 is 0 Å². The number of carbonyl (C=O) groups is 2. The van der Waals surface area contributed by atoms with Crippen molar-refractivity contribution in [3.05, 3.63) is 74.2 Å². The highest BCUT2D eigenvalue weighted by Crippen LogP contribution is 2.21. The van der Waals surface area contributed by atoms with Gasteiger partial charge in [-0.05, 0) is 38.0 Å². The number of benzene rings is 2. The van der Waals surface area contributed by atoms with Crippen molar-refractivity contribution in [1.82, 2.24) is 10.2 Å². The Kier molecular flexibility index (Phi) is 8.53. The van der Waals surface area contributed by atoms with Gasteiger partial charge in [-0.25, -0.2) is 0 Å². The molecular formula is C22H26BrN3O4. The van der Waals surface area contributed by atoms with Crippen molar-refractivity contribution in [2.24, 2.45) is 0 Å². The van der Waals surface area contributed by atoms with Crippen LogP contribution in [0.4, 0.5) is 5.69 Å². The summed E-state index contributed by atoms with van der Waals surface area (Å²) in [5.41, 5.74) is 1.06. The van der Waals surface area contributed by atoms with Gasteiger partial charge in [0.05, 0.1) is 11.3 Å². The third kappa shape index (κ3) is 6.38. The minimum absolute atomic E-state index is 0.0158. The molecule has 0 aliphatic carbocycles. The number of halogens is 1. The molecule has 2 rings (SSSR count). The molecule has 0 fully saturated rings. The molecule has 0 aromatic heterocycles. The number of hydrogen-bond donors (Lipinski definition) is 1. The standard InChI is InChI=1S/C22H26BrN3O4/c1-4-15(2)24-22(28)16(3)25(14-17-8-7-10-19(23)12-17)21(27)13-18-9-5-6-11-20(18)26(29)30/h5-12,15-16H,4,13-14H2,1-3H3,(H,24,28). The maximum absolute atomic E-state index is 13.2. The molecular weight excluding hydrogens is 450 g/mol. The summed E-state index contributed by atoms with van der Waals surface area (Å²) < 4.78 is 0.864. The first-order valence-corrected chi connectivity index (χ1v) is 10.6. The molecule has 30 heavy (non-hydrogen) atoms. The van der Waals surface area contributed by atoms with Gasteiger partial charge < -0.3 is 10.2 Å². The van der Waals surface area contributed by atoms with Crippen molar-refractivity contribution < 1.29 is 14.5 Å². The van der Waals surface area contributed by atoms with Gasteiger partial charge in [0.1, 0.15) is 6.04 Å². The number of carbonyl (C=O) groups excluding carboxylic acids is 2. The average molecular weight is 476 g/mol. The average Bonchev–Trinajstić information content (AvgIpc) is 2.71. The van der Waals surface area contributed by atoms with E-state index in [0.717, 1.165) is 16.5 Å². The molecule has 7 nitrogen and oxygen atoms in total. The number of hydrogen-bond acceptors (Lipinski definition) is 4. The second kappa shape index (κ2) is 10.9. The van der Waals surface area contributed by atoms with Crippen molar-refractivity contribution in [2.45, 2.75) is 52.2 Å². The third-order valence-corrected chi connectivity index (χ3v) is 5.43. The van der Waals surface area contributed by atoms with Gasteiger partial charge in [0.25, 0.3) is 5.69 Å². The van der Waals surface area contributed by atoms with E-state index in [1.165, 1.54) is 11.0 Å². The maximum atomic E-state index is 13.2. The van der Waals surface area contributed by atoms with Gasteiger partial charge >= 0.3 is 0 Å². The summed E-state index contributed by atoms with van der Waals surface area (Å²) in [4.78, 5) is 38.2. The van der Waals surface area contributed by atoms with Crippen LogP contribution in [0.1, 0.15) is 38.3 Å². The van der Waals surface area contributed by atoms with Crippen molar-refractivity contribution in [3.8, 4) is 0 Å². The lowest BCUT2D eigenvalue weighted by Crippen LogP contribution is -2.49. The van der Waals surface area contributed by atoms with Crippen LogP contribution >= 0.6 is 15.9 Å². The molecule has 2 unspecified atom stereocenters. The number of amides is 2. The molecule has 0 heterocycles. The smallest absolute Gasteiger partial charge is 0.273 e. The molecule has 0 saturated heterocycles. The highest BCUT2D eigenvalue weighted by Gasteiger charge is 2.28. The fourth-order valence-corrected chi connectivity index (χ4v) is 3.43. The molecule has 0 aliphatic rings. The van der Waals surface area contributed by atoms with Gasteiger partial charge in [-0.15, -0.1) is 0 Å². The van der Waals surface area contributed by atoms with Gasteiger partial charge in [0, 0.05) is 28.7 Å². The highest BCUT2D eigenvalue weighted by atomic mass is 79.9. The molecule has 0 aliphatic heterocycles. The summed E-state index contributed by atoms with van der Waals surface area (Å²) >= 11 is 3.42. The summed E-state index contributed by atoms with van der Waals surface area (Å²) in [5, 5.41) is 14.2. The number of nitro benzene ring substituents is 1. The van der Waals surface area contributed by atoms with E-state index in [2.05, 4.69) is 21.2 Å². The van der Waals surface area contributed by atoms with E-state index in [9.17, 15) is 19.7 Å². The van der Waals surface area contributed by atoms with Crippen LogP contribution in [0, 0.1) is 10.1 Å². The molecule has 1 N–H and O–H groups in total. The topological polar surface area (TPSA) is 92.6 Å². The summed E-state index contributed by atoms with van der Waals surface area (Å²) in [7, 11) is 0. The summed E-state index contributed by atoms with van der Waals surface area (Å²) in [6.45, 7) is 5.76. The molecule has 160 valence electrons. The number of rotatable bonds is 9. The van der Waals surface area contributed by atoms with E-state index in [0.29, 0.717) is 5.56 Å². The quantitative estimate of drug-likeness (QED) is 0.433. The van der Waals surface area contributed by atoms with Crippen molar-refractivity contribution in [2.75, 3.05) is 0 Å². The minimum atomic E-state index is -0.728. The molecule has 0 radical (unpaired) electrons. The minimum Gasteiger partial charge on any atom is -0.352 e. The van der Waals surface area contributed by atoms with Gasteiger partial charge in [0.2, 0.25) is 11.8 Å². The van der Waals surface area contributed by atoms with E-state index in [1.807, 2.05) is 38.1 Å². The predicted molar refractivity (Wildman–Crippen MR) is 119 cm³/mol. The van der Waals surface area contributed by atoms with E-state index in [-0.39, 0.29) is 36.5 Å². The van der Waals surface area contributed by atoms with Gasteiger partial charge in [-0.1, -0.05) is 53.2 Å². The first-order valence-electron chi connectivity index (χ1n) is 9.79. The van der Waals surface area contributed by atoms with Crippen molar-refractivity contribution >= 4 is 33.4 Å². The molecule has 2 atom stereocenters. The number of nitrogens with one attached hydrogen (secondary N) is 1. The molecule has 0 spiro atoms. The van der Waals surface area contributed by atoms with Crippen molar-refractivity contribution in [1.29, 1.82) is 0 Å². The van der Waals surface area contributed by atoms with Crippen LogP contribution in [0.15, 0.2) is 53.0 Å². The normalized spacial score (nSPS) is 12.7. The van der Waals surface area contributed by atoms with Crippen LogP contribution in [0.5, 0.6) is 0 Å². The Hall–Kier alpha value is -2.74. The fourth-order valence-electron chi connectivity index (χ4n) is 2.98. The fraction of sp³-hybridized carbons (Fsp3) is 0.364. The van der Waals surface area contributed by atoms with Gasteiger partial charge in [0.15, 0.2) is 0 Å². The Bertz CT molecular complexity index is 919. The monoisotopic (exact) mass is 475 g/mol. The Balaban J connectivity index is 2.31. The van der Waals surface area contributed by atoms with Crippen LogP contribution in [0.3, 0.4) is 0 Å². The Morgan fingerprint density at radius 2 is 1.87 bits per heavy atom. The summed E-state index contributed by atoms with van der Waals surface area (Å²) in [5.74, 6) is -0.605. The maximum Gasteiger partial charge on any atom is 0.273 e. The van der Waals surface area contributed by atoms with Crippen molar-refractivity contribution in [3.63, 3.8) is 0 Å². The van der Waals surface area contributed by atoms with E-state index < -0.39 is 11.0 Å². The van der Waals surface area contributed by atoms with E-state index in [4.69, 9.17) is 0 Å². The zero-order valence-electron chi connectivity index (χ0n) is 17.3. The second-order valence-electron chi connectivity index (χ2n) is 7.21. The summed E-state index contributed by atoms with van der Waals surface area (Å²) in [6, 6.07) is 12.9. The van der Waals surface area contributed by atoms with Crippen LogP contribution < -0.4 is 5.32 Å². The molecule has 2 aromatic carbocycles. The lowest BCUT2D eigenvalue weighted by molar-refractivity contribution is -0.385. The Labute approximate surface area is 184 Å². The molecule has 0 bridgehead atoms. The lowest BCUT2D eigenvalue weighted by Gasteiger charge is -2.30. The Morgan fingerprint density at radius 1 is 1.17 bits per heavy atom. The van der Waals surface area contributed by atoms with Gasteiger partial charge in [-0.2, -0.15) is 0 Å². The first kappa shape index (κ1) is 23.5. The number of para-hydroxylation sites is 1. The van der Waals surface area contributed by atoms with Gasteiger partial charge in [-0.3, -0.25) is 19.7 Å². The van der Waals surface area contributed by atoms with Crippen LogP contribution in [0.2, 0.25) is 0 Å².